The van der Waals surface area contributed by atoms with Crippen molar-refractivity contribution in [2.45, 2.75) is 44.4 Å². The summed E-state index contributed by atoms with van der Waals surface area (Å²) in [5.74, 6) is -4.95. The largest absolute Gasteiger partial charge is 0.393 e. The maximum atomic E-state index is 13.4. The summed E-state index contributed by atoms with van der Waals surface area (Å²) in [5, 5.41) is 15.6. The van der Waals surface area contributed by atoms with Crippen molar-refractivity contribution < 1.29 is 27.5 Å². The summed E-state index contributed by atoms with van der Waals surface area (Å²) >= 11 is 0. The number of rotatable bonds is 4. The smallest absolute Gasteiger partial charge is 0.280 e. The summed E-state index contributed by atoms with van der Waals surface area (Å²) in [7, 11) is 0. The number of nitrogens with one attached hydrogen (secondary N) is 2. The van der Waals surface area contributed by atoms with Gasteiger partial charge in [-0.2, -0.15) is 4.99 Å². The second kappa shape index (κ2) is 9.71. The van der Waals surface area contributed by atoms with E-state index in [2.05, 4.69) is 15.6 Å². The lowest BCUT2D eigenvalue weighted by Crippen LogP contribution is -2.45. The van der Waals surface area contributed by atoms with Crippen molar-refractivity contribution in [2.24, 2.45) is 4.99 Å². The number of aliphatic imine (C=N–C) groups is 1. The van der Waals surface area contributed by atoms with Crippen LogP contribution in [0.4, 0.5) is 17.6 Å². The van der Waals surface area contributed by atoms with Crippen LogP contribution >= 0.6 is 0 Å². The predicted molar refractivity (Wildman–Crippen MR) is 103 cm³/mol. The molecule has 2 aromatic rings. The van der Waals surface area contributed by atoms with Gasteiger partial charge in [0, 0.05) is 18.2 Å². The minimum Gasteiger partial charge on any atom is -0.393 e. The maximum absolute atomic E-state index is 13.4. The number of guanidine groups is 1. The molecule has 5 nitrogen and oxygen atoms in total. The van der Waals surface area contributed by atoms with Crippen LogP contribution in [-0.2, 0) is 6.54 Å². The quantitative estimate of drug-likeness (QED) is 0.400. The molecule has 3 N–H and O–H groups in total. The summed E-state index contributed by atoms with van der Waals surface area (Å²) in [6.45, 7) is 0.0451. The number of amides is 1. The number of benzene rings is 2. The van der Waals surface area contributed by atoms with Crippen LogP contribution in [-0.4, -0.2) is 29.1 Å². The first-order chi connectivity index (χ1) is 14.3. The molecule has 1 aliphatic rings. The van der Waals surface area contributed by atoms with Crippen molar-refractivity contribution in [3.63, 3.8) is 0 Å². The maximum Gasteiger partial charge on any atom is 0.280 e. The zero-order chi connectivity index (χ0) is 21.7. The first kappa shape index (κ1) is 21.8. The normalized spacial score (nSPS) is 19.4. The fraction of sp³-hybridized carbons (Fsp3) is 0.333. The van der Waals surface area contributed by atoms with E-state index in [1.165, 1.54) is 6.07 Å². The van der Waals surface area contributed by atoms with Crippen LogP contribution in [0.1, 0.15) is 41.6 Å². The number of aliphatic hydroxyl groups excluding tert-OH is 1. The molecule has 3 rings (SSSR count). The number of hydrogen-bond acceptors (Lipinski definition) is 2. The van der Waals surface area contributed by atoms with E-state index >= 15 is 0 Å². The van der Waals surface area contributed by atoms with Crippen LogP contribution < -0.4 is 10.6 Å². The number of hydrogen-bond donors (Lipinski definition) is 3. The van der Waals surface area contributed by atoms with Gasteiger partial charge < -0.3 is 15.7 Å². The molecule has 1 fully saturated rings. The molecule has 0 aromatic heterocycles. The molecule has 30 heavy (non-hydrogen) atoms. The number of nitrogens with zero attached hydrogens (tertiary/aromatic N) is 1. The van der Waals surface area contributed by atoms with Gasteiger partial charge in [0.05, 0.1) is 6.10 Å². The Morgan fingerprint density at radius 3 is 2.20 bits per heavy atom. The Kier molecular flexibility index (Phi) is 7.04. The topological polar surface area (TPSA) is 73.7 Å². The van der Waals surface area contributed by atoms with E-state index in [4.69, 9.17) is 0 Å². The Balaban J connectivity index is 1.76. The minimum atomic E-state index is -1.17. The third-order valence-corrected chi connectivity index (χ3v) is 4.86. The van der Waals surface area contributed by atoms with Crippen molar-refractivity contribution in [1.29, 1.82) is 0 Å². The molecule has 1 aliphatic carbocycles. The van der Waals surface area contributed by atoms with E-state index in [0.29, 0.717) is 31.2 Å². The molecule has 0 radical (unpaired) electrons. The van der Waals surface area contributed by atoms with Crippen LogP contribution in [0.25, 0.3) is 0 Å². The molecule has 0 atom stereocenters. The molecule has 0 bridgehead atoms. The Morgan fingerprint density at radius 2 is 1.57 bits per heavy atom. The molecule has 0 spiro atoms. The Labute approximate surface area is 170 Å². The number of aliphatic hydroxyl groups is 1. The van der Waals surface area contributed by atoms with Crippen LogP contribution in [0.5, 0.6) is 0 Å². The Hall–Kier alpha value is -2.94. The summed E-state index contributed by atoms with van der Waals surface area (Å²) in [6.07, 6.45) is 2.09. The summed E-state index contributed by atoms with van der Waals surface area (Å²) in [4.78, 5) is 16.3. The lowest BCUT2D eigenvalue weighted by molar-refractivity contribution is 0.1000. The fourth-order valence-corrected chi connectivity index (χ4v) is 3.17. The standard InChI is InChI=1S/C21H21F4N3O2/c22-16-7-1-12(9-18(16)24)11-26-21(27-14-3-5-15(29)6-4-14)28-20(30)13-2-8-17(23)19(25)10-13/h1-2,7-10,14-15,29H,3-6,11H2,(H2,26,27,28,30)/t14-,15-. The number of carbonyl (C=O) groups is 1. The molecule has 0 saturated heterocycles. The second-order valence-corrected chi connectivity index (χ2v) is 7.15. The zero-order valence-corrected chi connectivity index (χ0v) is 16.0. The Morgan fingerprint density at radius 1 is 0.933 bits per heavy atom. The SMILES string of the molecule is O=C(/N=C(/NCc1ccc(F)c(F)c1)N[C@H]1CC[C@H](O)CC1)c1ccc(F)c(F)c1. The van der Waals surface area contributed by atoms with Gasteiger partial charge in [0.25, 0.3) is 5.91 Å². The third-order valence-electron chi connectivity index (χ3n) is 4.86. The van der Waals surface area contributed by atoms with Gasteiger partial charge in [-0.15, -0.1) is 0 Å². The van der Waals surface area contributed by atoms with E-state index in [9.17, 15) is 27.5 Å². The van der Waals surface area contributed by atoms with E-state index in [1.807, 2.05) is 0 Å². The van der Waals surface area contributed by atoms with Gasteiger partial charge in [0.1, 0.15) is 0 Å². The molecule has 160 valence electrons. The fourth-order valence-electron chi connectivity index (χ4n) is 3.17. The lowest BCUT2D eigenvalue weighted by atomic mass is 9.93. The summed E-state index contributed by atoms with van der Waals surface area (Å²) < 4.78 is 53.1. The monoisotopic (exact) mass is 423 g/mol. The molecule has 1 saturated carbocycles. The highest BCUT2D eigenvalue weighted by Gasteiger charge is 2.21. The molecule has 0 unspecified atom stereocenters. The molecule has 0 heterocycles. The van der Waals surface area contributed by atoms with Crippen LogP contribution in [0.15, 0.2) is 41.4 Å². The average Bonchev–Trinajstić information content (AvgIpc) is 2.72. The van der Waals surface area contributed by atoms with Crippen LogP contribution in [0.3, 0.4) is 0 Å². The van der Waals surface area contributed by atoms with Gasteiger partial charge in [-0.3, -0.25) is 4.79 Å². The van der Waals surface area contributed by atoms with E-state index in [-0.39, 0.29) is 30.2 Å². The average molecular weight is 423 g/mol. The number of carbonyl (C=O) groups excluding carboxylic acids is 1. The predicted octanol–water partition coefficient (Wildman–Crippen LogP) is 3.42. The molecular formula is C21H21F4N3O2. The molecule has 0 aliphatic heterocycles. The van der Waals surface area contributed by atoms with E-state index in [0.717, 1.165) is 30.3 Å². The molecular weight excluding hydrogens is 402 g/mol. The summed E-state index contributed by atoms with van der Waals surface area (Å²) in [5.41, 5.74) is 0.282. The second-order valence-electron chi connectivity index (χ2n) is 7.15. The van der Waals surface area contributed by atoms with Gasteiger partial charge in [0.15, 0.2) is 29.2 Å². The molecule has 1 amide bonds. The highest BCUT2D eigenvalue weighted by atomic mass is 19.2. The van der Waals surface area contributed by atoms with Gasteiger partial charge in [0.2, 0.25) is 0 Å². The first-order valence-electron chi connectivity index (χ1n) is 9.52. The van der Waals surface area contributed by atoms with Gasteiger partial charge in [-0.05, 0) is 61.6 Å². The zero-order valence-electron chi connectivity index (χ0n) is 16.0. The minimum absolute atomic E-state index is 0.0451. The van der Waals surface area contributed by atoms with Gasteiger partial charge >= 0.3 is 0 Å². The lowest BCUT2D eigenvalue weighted by Gasteiger charge is -2.27. The highest BCUT2D eigenvalue weighted by Crippen LogP contribution is 2.18. The Bertz CT molecular complexity index is 944. The van der Waals surface area contributed by atoms with Gasteiger partial charge in [-0.1, -0.05) is 6.07 Å². The van der Waals surface area contributed by atoms with Crippen molar-refractivity contribution in [1.82, 2.24) is 10.6 Å². The van der Waals surface area contributed by atoms with Crippen molar-refractivity contribution in [3.05, 3.63) is 70.8 Å². The van der Waals surface area contributed by atoms with Crippen LogP contribution in [0.2, 0.25) is 0 Å². The van der Waals surface area contributed by atoms with Crippen molar-refractivity contribution >= 4 is 11.9 Å². The highest BCUT2D eigenvalue weighted by molar-refractivity contribution is 6.02. The van der Waals surface area contributed by atoms with Crippen LogP contribution in [0, 0.1) is 23.3 Å². The van der Waals surface area contributed by atoms with Gasteiger partial charge in [-0.25, -0.2) is 17.6 Å². The third kappa shape index (κ3) is 5.79. The summed E-state index contributed by atoms with van der Waals surface area (Å²) in [6, 6.07) is 6.04. The number of halogens is 4. The van der Waals surface area contributed by atoms with E-state index in [1.54, 1.807) is 0 Å². The van der Waals surface area contributed by atoms with Crippen molar-refractivity contribution in [3.8, 4) is 0 Å². The first-order valence-corrected chi connectivity index (χ1v) is 9.52. The van der Waals surface area contributed by atoms with E-state index < -0.39 is 29.2 Å². The molecule has 9 heteroatoms. The molecule has 2 aromatic carbocycles. The van der Waals surface area contributed by atoms with Crippen molar-refractivity contribution in [2.75, 3.05) is 0 Å².